The maximum atomic E-state index is 13.5. The first-order valence-electron chi connectivity index (χ1n) is 11.4. The van der Waals surface area contributed by atoms with Crippen molar-refractivity contribution in [1.29, 1.82) is 0 Å². The fourth-order valence-corrected chi connectivity index (χ4v) is 4.87. The highest BCUT2D eigenvalue weighted by Gasteiger charge is 2.42. The van der Waals surface area contributed by atoms with E-state index in [0.717, 1.165) is 16.9 Å². The Balaban J connectivity index is 2.24. The molecule has 1 unspecified atom stereocenters. The molecule has 0 aromatic heterocycles. The van der Waals surface area contributed by atoms with Gasteiger partial charge < -0.3 is 14.3 Å². The molecule has 2 aromatic carbocycles. The molecule has 2 rings (SSSR count). The molecule has 0 saturated heterocycles. The normalized spacial score (nSPS) is 14.5. The number of benzene rings is 2. The molecule has 0 saturated carbocycles. The van der Waals surface area contributed by atoms with Crippen LogP contribution < -0.4 is 4.43 Å². The summed E-state index contributed by atoms with van der Waals surface area (Å²) in [6, 6.07) is 15.1. The van der Waals surface area contributed by atoms with Gasteiger partial charge in [-0.2, -0.15) is 0 Å². The van der Waals surface area contributed by atoms with Crippen LogP contribution in [0.5, 0.6) is 11.5 Å². The van der Waals surface area contributed by atoms with Crippen molar-refractivity contribution in [3.05, 3.63) is 59.7 Å². The first-order chi connectivity index (χ1) is 14.6. The molecule has 0 aliphatic heterocycles. The largest absolute Gasteiger partial charge is 0.544 e. The molecular weight excluding hydrogens is 416 g/mol. The average Bonchev–Trinajstić information content (AvgIpc) is 2.66. The minimum absolute atomic E-state index is 0.201. The first-order valence-corrected chi connectivity index (χ1v) is 14.8. The summed E-state index contributed by atoms with van der Waals surface area (Å²) in [5, 5.41) is 9.63. The Morgan fingerprint density at radius 3 is 2.06 bits per heavy atom. The number of phenols is 1. The molecule has 1 atom stereocenters. The lowest BCUT2D eigenvalue weighted by Gasteiger charge is -2.38. The van der Waals surface area contributed by atoms with Crippen molar-refractivity contribution in [3.63, 3.8) is 0 Å². The lowest BCUT2D eigenvalue weighted by atomic mass is 9.69. The van der Waals surface area contributed by atoms with E-state index in [0.29, 0.717) is 12.8 Å². The molecule has 1 N–H and O–H groups in total. The van der Waals surface area contributed by atoms with E-state index in [-0.39, 0.29) is 17.1 Å². The lowest BCUT2D eigenvalue weighted by Crippen LogP contribution is -2.39. The van der Waals surface area contributed by atoms with Crippen LogP contribution in [0.2, 0.25) is 19.6 Å². The molecule has 5 heteroatoms. The molecule has 0 bridgehead atoms. The number of esters is 1. The van der Waals surface area contributed by atoms with Crippen LogP contribution in [0.3, 0.4) is 0 Å². The molecule has 4 nitrogen and oxygen atoms in total. The fourth-order valence-electron chi connectivity index (χ4n) is 4.03. The standard InChI is InChI=1S/C27H40O4Si/c1-10-27(6,19-25(2,3)20-14-16-22(28)17-15-20)24(29)30-26(4,5)21-12-11-13-23(18-21)31-32(7,8)9/h11-18,28H,10,19H2,1-9H3. The Labute approximate surface area is 195 Å². The lowest BCUT2D eigenvalue weighted by molar-refractivity contribution is -0.171. The fraction of sp³-hybridized carbons (Fsp3) is 0.519. The van der Waals surface area contributed by atoms with Gasteiger partial charge in [-0.3, -0.25) is 4.79 Å². The second-order valence-corrected chi connectivity index (χ2v) is 15.6. The van der Waals surface area contributed by atoms with Gasteiger partial charge in [-0.25, -0.2) is 0 Å². The van der Waals surface area contributed by atoms with Crippen molar-refractivity contribution < 1.29 is 19.1 Å². The van der Waals surface area contributed by atoms with Crippen LogP contribution in [0, 0.1) is 5.41 Å². The summed E-state index contributed by atoms with van der Waals surface area (Å²) in [7, 11) is -1.73. The predicted octanol–water partition coefficient (Wildman–Crippen LogP) is 7.17. The van der Waals surface area contributed by atoms with Crippen molar-refractivity contribution >= 4 is 14.3 Å². The third-order valence-corrected chi connectivity index (χ3v) is 6.90. The van der Waals surface area contributed by atoms with Gasteiger partial charge in [0.15, 0.2) is 0 Å². The molecular formula is C27H40O4Si. The minimum Gasteiger partial charge on any atom is -0.544 e. The quantitative estimate of drug-likeness (QED) is 0.321. The molecule has 0 fully saturated rings. The second-order valence-electron chi connectivity index (χ2n) is 11.2. The van der Waals surface area contributed by atoms with Crippen LogP contribution in [-0.2, 0) is 20.5 Å². The van der Waals surface area contributed by atoms with Crippen LogP contribution in [0.1, 0.15) is 65.5 Å². The highest BCUT2D eigenvalue weighted by molar-refractivity contribution is 6.70. The third kappa shape index (κ3) is 6.61. The monoisotopic (exact) mass is 456 g/mol. The number of ether oxygens (including phenoxy) is 1. The maximum Gasteiger partial charge on any atom is 0.312 e. The Morgan fingerprint density at radius 2 is 1.53 bits per heavy atom. The van der Waals surface area contributed by atoms with E-state index in [2.05, 4.69) is 33.5 Å². The summed E-state index contributed by atoms with van der Waals surface area (Å²) in [6.07, 6.45) is 1.30. The van der Waals surface area contributed by atoms with Gasteiger partial charge in [0.05, 0.1) is 5.41 Å². The van der Waals surface area contributed by atoms with E-state index >= 15 is 0 Å². The van der Waals surface area contributed by atoms with Gasteiger partial charge in [0.1, 0.15) is 17.1 Å². The molecule has 0 spiro atoms. The van der Waals surface area contributed by atoms with E-state index in [1.165, 1.54) is 0 Å². The highest BCUT2D eigenvalue weighted by atomic mass is 28.4. The van der Waals surface area contributed by atoms with E-state index in [9.17, 15) is 9.90 Å². The Morgan fingerprint density at radius 1 is 0.938 bits per heavy atom. The number of hydrogen-bond donors (Lipinski definition) is 1. The van der Waals surface area contributed by atoms with Gasteiger partial charge >= 0.3 is 5.97 Å². The number of phenolic OH excluding ortho intramolecular Hbond substituents is 1. The smallest absolute Gasteiger partial charge is 0.312 e. The van der Waals surface area contributed by atoms with Crippen LogP contribution in [0.25, 0.3) is 0 Å². The zero-order valence-electron chi connectivity index (χ0n) is 21.2. The molecule has 32 heavy (non-hydrogen) atoms. The van der Waals surface area contributed by atoms with Gasteiger partial charge in [0.25, 0.3) is 0 Å². The molecule has 0 amide bonds. The van der Waals surface area contributed by atoms with Crippen molar-refractivity contribution in [3.8, 4) is 11.5 Å². The Bertz CT molecular complexity index is 925. The second kappa shape index (κ2) is 9.30. The highest BCUT2D eigenvalue weighted by Crippen LogP contribution is 2.42. The summed E-state index contributed by atoms with van der Waals surface area (Å²) in [5.41, 5.74) is 0.309. The SMILES string of the molecule is CCC(C)(CC(C)(C)c1ccc(O)cc1)C(=O)OC(C)(C)c1cccc(O[Si](C)(C)C)c1. The molecule has 0 radical (unpaired) electrons. The number of hydrogen-bond acceptors (Lipinski definition) is 4. The van der Waals surface area contributed by atoms with Crippen molar-refractivity contribution in [1.82, 2.24) is 0 Å². The minimum atomic E-state index is -1.73. The van der Waals surface area contributed by atoms with Crippen molar-refractivity contribution in [2.45, 2.75) is 85.0 Å². The van der Waals surface area contributed by atoms with Crippen LogP contribution in [0.15, 0.2) is 48.5 Å². The van der Waals surface area contributed by atoms with E-state index in [1.54, 1.807) is 12.1 Å². The summed E-state index contributed by atoms with van der Waals surface area (Å²) in [6.45, 7) is 18.6. The zero-order valence-corrected chi connectivity index (χ0v) is 22.2. The number of aromatic hydroxyl groups is 1. The van der Waals surface area contributed by atoms with Gasteiger partial charge in [0.2, 0.25) is 8.32 Å². The van der Waals surface area contributed by atoms with E-state index in [4.69, 9.17) is 9.16 Å². The maximum absolute atomic E-state index is 13.5. The summed E-state index contributed by atoms with van der Waals surface area (Å²) >= 11 is 0. The van der Waals surface area contributed by atoms with E-state index in [1.807, 2.05) is 64.1 Å². The van der Waals surface area contributed by atoms with Gasteiger partial charge in [-0.05, 0) is 94.1 Å². The Kier molecular flexibility index (Phi) is 7.55. The molecule has 0 heterocycles. The van der Waals surface area contributed by atoms with Gasteiger partial charge in [-0.15, -0.1) is 0 Å². The van der Waals surface area contributed by atoms with Crippen LogP contribution in [-0.4, -0.2) is 19.4 Å². The first kappa shape index (κ1) is 26.0. The number of carbonyl (C=O) groups excluding carboxylic acids is 1. The predicted molar refractivity (Wildman–Crippen MR) is 134 cm³/mol. The summed E-state index contributed by atoms with van der Waals surface area (Å²) < 4.78 is 12.3. The molecule has 176 valence electrons. The van der Waals surface area contributed by atoms with Crippen molar-refractivity contribution in [2.24, 2.45) is 5.41 Å². The number of carbonyl (C=O) groups is 1. The van der Waals surface area contributed by atoms with Gasteiger partial charge in [0, 0.05) is 0 Å². The van der Waals surface area contributed by atoms with E-state index < -0.39 is 19.3 Å². The zero-order chi connectivity index (χ0) is 24.4. The number of rotatable bonds is 9. The Hall–Kier alpha value is -2.27. The van der Waals surface area contributed by atoms with Crippen LogP contribution >= 0.6 is 0 Å². The molecule has 0 aliphatic rings. The van der Waals surface area contributed by atoms with Gasteiger partial charge in [-0.1, -0.05) is 45.0 Å². The third-order valence-electron chi connectivity index (χ3n) is 6.06. The summed E-state index contributed by atoms with van der Waals surface area (Å²) in [4.78, 5) is 13.5. The molecule has 0 aliphatic carbocycles. The summed E-state index contributed by atoms with van der Waals surface area (Å²) in [5.74, 6) is 0.857. The van der Waals surface area contributed by atoms with Crippen molar-refractivity contribution in [2.75, 3.05) is 0 Å². The average molecular weight is 457 g/mol. The van der Waals surface area contributed by atoms with Crippen LogP contribution in [0.4, 0.5) is 0 Å². The topological polar surface area (TPSA) is 55.8 Å². The molecule has 2 aromatic rings.